The normalized spacial score (nSPS) is 11.7. The van der Waals surface area contributed by atoms with Gasteiger partial charge in [-0.25, -0.2) is 4.79 Å². The summed E-state index contributed by atoms with van der Waals surface area (Å²) in [6.45, 7) is 0.258. The highest BCUT2D eigenvalue weighted by atomic mass is 35.5. The average Bonchev–Trinajstić information content (AvgIpc) is 3.07. The number of pyridine rings is 1. The summed E-state index contributed by atoms with van der Waals surface area (Å²) in [7, 11) is 3.01. The second kappa shape index (κ2) is 6.28. The molecular formula is C21H16ClN5O2. The number of hydrogen-bond acceptors (Lipinski definition) is 4. The molecule has 0 radical (unpaired) electrons. The van der Waals surface area contributed by atoms with Crippen molar-refractivity contribution in [3.8, 4) is 0 Å². The lowest BCUT2D eigenvalue weighted by molar-refractivity contribution is 0.702. The van der Waals surface area contributed by atoms with Crippen LogP contribution in [-0.4, -0.2) is 23.7 Å². The summed E-state index contributed by atoms with van der Waals surface area (Å²) in [5, 5.41) is 3.25. The number of halogens is 1. The Morgan fingerprint density at radius 1 is 0.862 bits per heavy atom. The summed E-state index contributed by atoms with van der Waals surface area (Å²) in [6.07, 6.45) is 0. The second-order valence-corrected chi connectivity index (χ2v) is 7.30. The van der Waals surface area contributed by atoms with Crippen LogP contribution in [0.25, 0.3) is 32.8 Å². The van der Waals surface area contributed by atoms with Crippen molar-refractivity contribution in [1.82, 2.24) is 23.7 Å². The fraction of sp³-hybridized carbons (Fsp3) is 0.143. The Morgan fingerprint density at radius 2 is 1.52 bits per heavy atom. The Bertz CT molecular complexity index is 1560. The maximum absolute atomic E-state index is 12.8. The molecule has 0 N–H and O–H groups in total. The molecule has 0 saturated heterocycles. The van der Waals surface area contributed by atoms with Gasteiger partial charge in [0.1, 0.15) is 0 Å². The summed E-state index contributed by atoms with van der Waals surface area (Å²) >= 11 is 6.40. The van der Waals surface area contributed by atoms with Crippen molar-refractivity contribution in [3.05, 3.63) is 80.3 Å². The molecule has 0 unspecified atom stereocenters. The first-order valence-electron chi connectivity index (χ1n) is 9.05. The Morgan fingerprint density at radius 3 is 2.28 bits per heavy atom. The lowest BCUT2D eigenvalue weighted by Crippen LogP contribution is -2.37. The van der Waals surface area contributed by atoms with Gasteiger partial charge in [0.2, 0.25) is 5.28 Å². The van der Waals surface area contributed by atoms with Crippen LogP contribution >= 0.6 is 11.6 Å². The molecule has 0 aliphatic rings. The number of fused-ring (bicyclic) bond motifs is 4. The van der Waals surface area contributed by atoms with Gasteiger partial charge in [-0.2, -0.15) is 4.98 Å². The molecule has 144 valence electrons. The number of para-hydroxylation sites is 1. The van der Waals surface area contributed by atoms with E-state index >= 15 is 0 Å². The van der Waals surface area contributed by atoms with Crippen molar-refractivity contribution in [2.45, 2.75) is 6.54 Å². The Labute approximate surface area is 169 Å². The molecule has 5 aromatic rings. The summed E-state index contributed by atoms with van der Waals surface area (Å²) < 4.78 is 4.00. The van der Waals surface area contributed by atoms with Crippen LogP contribution in [0.1, 0.15) is 5.69 Å². The number of benzene rings is 2. The van der Waals surface area contributed by atoms with E-state index in [1.807, 2.05) is 42.5 Å². The van der Waals surface area contributed by atoms with Crippen molar-refractivity contribution < 1.29 is 0 Å². The van der Waals surface area contributed by atoms with E-state index in [0.717, 1.165) is 31.9 Å². The van der Waals surface area contributed by atoms with Crippen LogP contribution in [0.3, 0.4) is 0 Å². The van der Waals surface area contributed by atoms with Crippen molar-refractivity contribution in [2.24, 2.45) is 14.1 Å². The fourth-order valence-corrected chi connectivity index (χ4v) is 4.03. The second-order valence-electron chi connectivity index (χ2n) is 6.97. The van der Waals surface area contributed by atoms with E-state index in [9.17, 15) is 9.59 Å². The minimum atomic E-state index is -0.446. The van der Waals surface area contributed by atoms with E-state index in [2.05, 4.69) is 11.1 Å². The smallest absolute Gasteiger partial charge is 0.303 e. The maximum Gasteiger partial charge on any atom is 0.332 e. The molecule has 2 aromatic carbocycles. The fourth-order valence-electron chi connectivity index (χ4n) is 3.81. The molecule has 0 aliphatic heterocycles. The van der Waals surface area contributed by atoms with Gasteiger partial charge in [-0.15, -0.1) is 0 Å². The minimum absolute atomic E-state index is 0.136. The van der Waals surface area contributed by atoms with Gasteiger partial charge < -0.3 is 4.57 Å². The third-order valence-corrected chi connectivity index (χ3v) is 5.59. The van der Waals surface area contributed by atoms with Crippen LogP contribution in [-0.2, 0) is 20.6 Å². The molecule has 7 nitrogen and oxygen atoms in total. The van der Waals surface area contributed by atoms with Crippen LogP contribution in [0.2, 0.25) is 5.28 Å². The van der Waals surface area contributed by atoms with E-state index in [-0.39, 0.29) is 23.0 Å². The van der Waals surface area contributed by atoms with Crippen LogP contribution in [0.15, 0.2) is 58.1 Å². The zero-order chi connectivity index (χ0) is 20.3. The van der Waals surface area contributed by atoms with Crippen molar-refractivity contribution >= 4 is 44.4 Å². The molecule has 0 saturated carbocycles. The first-order valence-corrected chi connectivity index (χ1v) is 9.43. The number of aryl methyl sites for hydroxylation is 1. The Kier molecular flexibility index (Phi) is 3.82. The summed E-state index contributed by atoms with van der Waals surface area (Å²) in [4.78, 5) is 34.1. The molecule has 29 heavy (non-hydrogen) atoms. The zero-order valence-electron chi connectivity index (χ0n) is 15.8. The molecule has 0 bridgehead atoms. The first kappa shape index (κ1) is 17.6. The van der Waals surface area contributed by atoms with E-state index < -0.39 is 11.2 Å². The lowest BCUT2D eigenvalue weighted by Gasteiger charge is -2.11. The predicted molar refractivity (Wildman–Crippen MR) is 114 cm³/mol. The van der Waals surface area contributed by atoms with Crippen molar-refractivity contribution in [1.29, 1.82) is 0 Å². The van der Waals surface area contributed by atoms with Crippen molar-refractivity contribution in [2.75, 3.05) is 0 Å². The third-order valence-electron chi connectivity index (χ3n) is 5.30. The summed E-state index contributed by atoms with van der Waals surface area (Å²) in [5.41, 5.74) is 1.29. The van der Waals surface area contributed by atoms with Gasteiger partial charge in [0.15, 0.2) is 11.2 Å². The Hall–Kier alpha value is -3.45. The largest absolute Gasteiger partial charge is 0.332 e. The molecule has 3 heterocycles. The van der Waals surface area contributed by atoms with Gasteiger partial charge in [-0.05, 0) is 23.1 Å². The highest BCUT2D eigenvalue weighted by Crippen LogP contribution is 2.28. The predicted octanol–water partition coefficient (Wildman–Crippen LogP) is 2.84. The Balaban J connectivity index is 1.83. The van der Waals surface area contributed by atoms with E-state index in [0.29, 0.717) is 0 Å². The molecule has 0 spiro atoms. The number of hydrogen-bond donors (Lipinski definition) is 0. The molecule has 0 aliphatic carbocycles. The summed E-state index contributed by atoms with van der Waals surface area (Å²) in [6, 6.07) is 15.9. The van der Waals surface area contributed by atoms with E-state index in [1.165, 1.54) is 11.6 Å². The van der Waals surface area contributed by atoms with Crippen LogP contribution in [0.5, 0.6) is 0 Å². The lowest BCUT2D eigenvalue weighted by atomic mass is 10.0. The minimum Gasteiger partial charge on any atom is -0.303 e. The number of rotatable bonds is 2. The van der Waals surface area contributed by atoms with Gasteiger partial charge in [0.25, 0.3) is 5.56 Å². The van der Waals surface area contributed by atoms with Gasteiger partial charge in [0.05, 0.1) is 17.8 Å². The molecular weight excluding hydrogens is 390 g/mol. The maximum atomic E-state index is 12.8. The summed E-state index contributed by atoms with van der Waals surface area (Å²) in [5.74, 6) is 0. The SMILES string of the molecule is Cn1c(=O)c2c(nc(Cl)n2Cc2nc3ccccc3c3ccccc23)n(C)c1=O. The average molecular weight is 406 g/mol. The molecule has 0 amide bonds. The number of aromatic nitrogens is 5. The monoisotopic (exact) mass is 405 g/mol. The quantitative estimate of drug-likeness (QED) is 0.334. The molecule has 3 aromatic heterocycles. The molecule has 8 heteroatoms. The molecule has 5 rings (SSSR count). The topological polar surface area (TPSA) is 74.7 Å². The van der Waals surface area contributed by atoms with Gasteiger partial charge in [-0.1, -0.05) is 42.5 Å². The van der Waals surface area contributed by atoms with Crippen LogP contribution in [0, 0.1) is 0 Å². The first-order chi connectivity index (χ1) is 14.0. The zero-order valence-corrected chi connectivity index (χ0v) is 16.5. The highest BCUT2D eigenvalue weighted by Gasteiger charge is 2.19. The van der Waals surface area contributed by atoms with E-state index in [4.69, 9.17) is 16.6 Å². The van der Waals surface area contributed by atoms with Gasteiger partial charge in [0, 0.05) is 24.9 Å². The number of imidazole rings is 1. The highest BCUT2D eigenvalue weighted by molar-refractivity contribution is 6.29. The number of nitrogens with zero attached hydrogens (tertiary/aromatic N) is 5. The standard InChI is InChI=1S/C21H16ClN5O2/c1-25-18-17(19(28)26(2)21(25)29)27(20(22)24-18)11-16-14-9-4-3-7-12(14)13-8-5-6-10-15(13)23-16/h3-10H,11H2,1-2H3. The van der Waals surface area contributed by atoms with Crippen LogP contribution < -0.4 is 11.2 Å². The third kappa shape index (κ3) is 2.51. The molecule has 0 atom stereocenters. The van der Waals surface area contributed by atoms with Gasteiger partial charge in [-0.3, -0.25) is 18.9 Å². The van der Waals surface area contributed by atoms with E-state index in [1.54, 1.807) is 11.6 Å². The van der Waals surface area contributed by atoms with Crippen LogP contribution in [0.4, 0.5) is 0 Å². The van der Waals surface area contributed by atoms with Gasteiger partial charge >= 0.3 is 5.69 Å². The molecule has 0 fully saturated rings. The van der Waals surface area contributed by atoms with Crippen molar-refractivity contribution in [3.63, 3.8) is 0 Å².